The number of rotatable bonds is 9. The van der Waals surface area contributed by atoms with E-state index in [0.717, 1.165) is 0 Å². The van der Waals surface area contributed by atoms with E-state index in [1.807, 2.05) is 0 Å². The van der Waals surface area contributed by atoms with Crippen LogP contribution in [-0.4, -0.2) is 50.0 Å². The molecule has 0 heterocycles. The molecule has 92 valence electrons. The average molecular weight is 231 g/mol. The van der Waals surface area contributed by atoms with Crippen molar-refractivity contribution in [1.29, 1.82) is 0 Å². The number of hydrogen-bond donors (Lipinski definition) is 2. The molecule has 16 heavy (non-hydrogen) atoms. The van der Waals surface area contributed by atoms with Gasteiger partial charge in [0.25, 0.3) is 0 Å². The lowest BCUT2D eigenvalue weighted by Gasteiger charge is -2.06. The first kappa shape index (κ1) is 14.6. The highest BCUT2D eigenvalue weighted by atomic mass is 16.5. The van der Waals surface area contributed by atoms with Crippen molar-refractivity contribution in [3.63, 3.8) is 0 Å². The molecule has 0 aliphatic carbocycles. The Hall–Kier alpha value is -1.40. The number of amides is 1. The Labute approximate surface area is 94.2 Å². The fourth-order valence-corrected chi connectivity index (χ4v) is 0.767. The molecule has 6 heteroatoms. The van der Waals surface area contributed by atoms with Gasteiger partial charge in [0.2, 0.25) is 5.91 Å². The molecule has 0 saturated carbocycles. The summed E-state index contributed by atoms with van der Waals surface area (Å²) in [4.78, 5) is 21.0. The van der Waals surface area contributed by atoms with Gasteiger partial charge in [-0.2, -0.15) is 0 Å². The second kappa shape index (κ2) is 8.87. The summed E-state index contributed by atoms with van der Waals surface area (Å²) < 4.78 is 9.82. The van der Waals surface area contributed by atoms with Gasteiger partial charge in [-0.05, 0) is 6.92 Å². The Kier molecular flexibility index (Phi) is 8.10. The summed E-state index contributed by atoms with van der Waals surface area (Å²) in [5.74, 6) is -1.21. The van der Waals surface area contributed by atoms with Crippen LogP contribution in [0.15, 0.2) is 12.2 Å². The van der Waals surface area contributed by atoms with Crippen molar-refractivity contribution in [3.8, 4) is 0 Å². The van der Waals surface area contributed by atoms with E-state index in [2.05, 4.69) is 11.9 Å². The molecule has 0 atom stereocenters. The summed E-state index contributed by atoms with van der Waals surface area (Å²) in [6.45, 7) is 6.05. The molecule has 0 aromatic rings. The summed E-state index contributed by atoms with van der Waals surface area (Å²) in [6.07, 6.45) is 0. The maximum Gasteiger partial charge on any atom is 0.329 e. The summed E-state index contributed by atoms with van der Waals surface area (Å²) >= 11 is 0. The van der Waals surface area contributed by atoms with E-state index in [1.54, 1.807) is 6.92 Å². The van der Waals surface area contributed by atoms with Crippen LogP contribution in [0.25, 0.3) is 0 Å². The first-order chi connectivity index (χ1) is 7.54. The van der Waals surface area contributed by atoms with Gasteiger partial charge in [-0.15, -0.1) is 0 Å². The van der Waals surface area contributed by atoms with E-state index in [4.69, 9.17) is 14.6 Å². The molecule has 0 fully saturated rings. The van der Waals surface area contributed by atoms with Crippen LogP contribution in [0.2, 0.25) is 0 Å². The zero-order chi connectivity index (χ0) is 12.4. The van der Waals surface area contributed by atoms with Gasteiger partial charge in [-0.1, -0.05) is 6.58 Å². The van der Waals surface area contributed by atoms with E-state index >= 15 is 0 Å². The number of carboxylic acids is 1. The quantitative estimate of drug-likeness (QED) is 0.424. The maximum atomic E-state index is 11.0. The Morgan fingerprint density at radius 1 is 1.25 bits per heavy atom. The summed E-state index contributed by atoms with van der Waals surface area (Å²) in [7, 11) is 0. The lowest BCUT2D eigenvalue weighted by Crippen LogP contribution is -2.27. The third-order valence-electron chi connectivity index (χ3n) is 1.52. The third kappa shape index (κ3) is 9.17. The fourth-order valence-electron chi connectivity index (χ4n) is 0.767. The van der Waals surface area contributed by atoms with Gasteiger partial charge in [0.15, 0.2) is 0 Å². The largest absolute Gasteiger partial charge is 0.480 e. The Morgan fingerprint density at radius 2 is 1.88 bits per heavy atom. The first-order valence-electron chi connectivity index (χ1n) is 4.85. The topological polar surface area (TPSA) is 84.9 Å². The van der Waals surface area contributed by atoms with Crippen molar-refractivity contribution in [2.75, 3.05) is 33.0 Å². The number of nitrogens with one attached hydrogen (secondary N) is 1. The molecule has 6 nitrogen and oxygen atoms in total. The first-order valence-corrected chi connectivity index (χ1v) is 4.85. The molecule has 0 aromatic carbocycles. The molecule has 1 amide bonds. The van der Waals surface area contributed by atoms with Gasteiger partial charge in [0.05, 0.1) is 19.8 Å². The van der Waals surface area contributed by atoms with Gasteiger partial charge < -0.3 is 19.9 Å². The van der Waals surface area contributed by atoms with Crippen LogP contribution in [0.1, 0.15) is 6.92 Å². The van der Waals surface area contributed by atoms with Crippen LogP contribution in [0.3, 0.4) is 0 Å². The molecule has 0 saturated heterocycles. The van der Waals surface area contributed by atoms with Crippen LogP contribution in [0.5, 0.6) is 0 Å². The smallest absolute Gasteiger partial charge is 0.329 e. The molecular weight excluding hydrogens is 214 g/mol. The maximum absolute atomic E-state index is 11.0. The number of carbonyl (C=O) groups is 2. The molecule has 0 aromatic heterocycles. The molecule has 0 aliphatic rings. The Morgan fingerprint density at radius 3 is 2.44 bits per heavy atom. The molecule has 0 rings (SSSR count). The van der Waals surface area contributed by atoms with Crippen LogP contribution < -0.4 is 5.32 Å². The molecule has 0 bridgehead atoms. The van der Waals surface area contributed by atoms with Crippen molar-refractivity contribution in [2.24, 2.45) is 0 Å². The number of carboxylic acid groups (broad SMARTS) is 1. The summed E-state index contributed by atoms with van der Waals surface area (Å²) in [6, 6.07) is 0. The fraction of sp³-hybridized carbons (Fsp3) is 0.600. The van der Waals surface area contributed by atoms with Crippen LogP contribution in [-0.2, 0) is 19.1 Å². The number of hydrogen-bond acceptors (Lipinski definition) is 4. The molecule has 0 radical (unpaired) electrons. The lowest BCUT2D eigenvalue weighted by molar-refractivity contribution is -0.142. The molecule has 0 unspecified atom stereocenters. The average Bonchev–Trinajstić information content (AvgIpc) is 2.21. The van der Waals surface area contributed by atoms with E-state index in [0.29, 0.717) is 25.3 Å². The monoisotopic (exact) mass is 231 g/mol. The van der Waals surface area contributed by atoms with E-state index in [9.17, 15) is 9.59 Å². The molecule has 0 spiro atoms. The predicted octanol–water partition coefficient (Wildman–Crippen LogP) is -0.203. The molecule has 0 aliphatic heterocycles. The highest BCUT2D eigenvalue weighted by Gasteiger charge is 1.99. The second-order valence-corrected chi connectivity index (χ2v) is 3.09. The molecule has 2 N–H and O–H groups in total. The van der Waals surface area contributed by atoms with E-state index in [-0.39, 0.29) is 19.1 Å². The van der Waals surface area contributed by atoms with Crippen LogP contribution >= 0.6 is 0 Å². The van der Waals surface area contributed by atoms with Crippen molar-refractivity contribution in [3.05, 3.63) is 12.2 Å². The Balaban J connectivity index is 3.19. The van der Waals surface area contributed by atoms with Gasteiger partial charge in [-0.25, -0.2) is 4.79 Å². The number of aliphatic carboxylic acids is 1. The normalized spacial score (nSPS) is 9.81. The van der Waals surface area contributed by atoms with Gasteiger partial charge in [-0.3, -0.25) is 4.79 Å². The standard InChI is InChI=1S/C10H17NO5/c1-8(2)10(14)11-3-4-15-5-6-16-7-9(12)13/h1,3-7H2,2H3,(H,11,14)(H,12,13). The van der Waals surface area contributed by atoms with Gasteiger partial charge in [0.1, 0.15) is 6.61 Å². The molecular formula is C10H17NO5. The number of ether oxygens (including phenoxy) is 2. The zero-order valence-electron chi connectivity index (χ0n) is 9.32. The second-order valence-electron chi connectivity index (χ2n) is 3.09. The number of carbonyl (C=O) groups excluding carboxylic acids is 1. The van der Waals surface area contributed by atoms with Gasteiger partial charge in [0, 0.05) is 12.1 Å². The predicted molar refractivity (Wildman–Crippen MR) is 57.1 cm³/mol. The summed E-state index contributed by atoms with van der Waals surface area (Å²) in [5, 5.41) is 10.8. The van der Waals surface area contributed by atoms with Crippen molar-refractivity contribution >= 4 is 11.9 Å². The van der Waals surface area contributed by atoms with Crippen molar-refractivity contribution in [2.45, 2.75) is 6.92 Å². The highest BCUT2D eigenvalue weighted by Crippen LogP contribution is 1.84. The van der Waals surface area contributed by atoms with Crippen LogP contribution in [0.4, 0.5) is 0 Å². The van der Waals surface area contributed by atoms with Crippen molar-refractivity contribution in [1.82, 2.24) is 5.32 Å². The zero-order valence-corrected chi connectivity index (χ0v) is 9.32. The minimum absolute atomic E-state index is 0.203. The van der Waals surface area contributed by atoms with Gasteiger partial charge >= 0.3 is 5.97 Å². The van der Waals surface area contributed by atoms with E-state index in [1.165, 1.54) is 0 Å². The van der Waals surface area contributed by atoms with Crippen LogP contribution in [0, 0.1) is 0 Å². The summed E-state index contributed by atoms with van der Waals surface area (Å²) in [5.41, 5.74) is 0.449. The minimum Gasteiger partial charge on any atom is -0.480 e. The SMILES string of the molecule is C=C(C)C(=O)NCCOCCOCC(=O)O. The van der Waals surface area contributed by atoms with Crippen molar-refractivity contribution < 1.29 is 24.2 Å². The lowest BCUT2D eigenvalue weighted by atomic mass is 10.3. The van der Waals surface area contributed by atoms with E-state index < -0.39 is 5.97 Å². The highest BCUT2D eigenvalue weighted by molar-refractivity contribution is 5.91. The third-order valence-corrected chi connectivity index (χ3v) is 1.52. The Bertz CT molecular complexity index is 252. The minimum atomic E-state index is -1.01.